The smallest absolute Gasteiger partial charge is 0.0686 e. The highest BCUT2D eigenvalue weighted by Gasteiger charge is 2.42. The number of hydrogen-bond donors (Lipinski definition) is 1. The van der Waals surface area contributed by atoms with E-state index in [4.69, 9.17) is 4.74 Å². The second-order valence-electron chi connectivity index (χ2n) is 6.76. The maximum Gasteiger partial charge on any atom is 0.0686 e. The fourth-order valence-electron chi connectivity index (χ4n) is 4.31. The molecule has 2 nitrogen and oxygen atoms in total. The lowest BCUT2D eigenvalue weighted by Crippen LogP contribution is -2.41. The van der Waals surface area contributed by atoms with E-state index >= 15 is 0 Å². The molecule has 1 aliphatic carbocycles. The van der Waals surface area contributed by atoms with Gasteiger partial charge >= 0.3 is 0 Å². The monoisotopic (exact) mass is 351 g/mol. The maximum atomic E-state index is 6.20. The molecule has 3 heteroatoms. The van der Waals surface area contributed by atoms with Gasteiger partial charge in [0, 0.05) is 17.1 Å². The second-order valence-corrected chi connectivity index (χ2v) is 7.67. The molecule has 3 rings (SSSR count). The van der Waals surface area contributed by atoms with E-state index in [2.05, 4.69) is 53.4 Å². The summed E-state index contributed by atoms with van der Waals surface area (Å²) >= 11 is 3.63. The van der Waals surface area contributed by atoms with Gasteiger partial charge in [0.2, 0.25) is 0 Å². The summed E-state index contributed by atoms with van der Waals surface area (Å²) in [5.74, 6) is 0.676. The molecule has 1 spiro atoms. The fourth-order valence-corrected chi connectivity index (χ4v) is 4.69. The van der Waals surface area contributed by atoms with E-state index in [0.29, 0.717) is 12.0 Å². The Kier molecular flexibility index (Phi) is 4.72. The topological polar surface area (TPSA) is 21.3 Å². The van der Waals surface area contributed by atoms with Gasteiger partial charge in [-0.1, -0.05) is 34.8 Å². The minimum atomic E-state index is 0.192. The summed E-state index contributed by atoms with van der Waals surface area (Å²) in [5, 5.41) is 3.59. The molecule has 2 fully saturated rings. The van der Waals surface area contributed by atoms with Crippen molar-refractivity contribution in [2.24, 2.45) is 5.92 Å². The van der Waals surface area contributed by atoms with Gasteiger partial charge in [-0.25, -0.2) is 0 Å². The van der Waals surface area contributed by atoms with Crippen LogP contribution in [0.25, 0.3) is 0 Å². The van der Waals surface area contributed by atoms with Crippen LogP contribution in [-0.2, 0) is 4.74 Å². The van der Waals surface area contributed by atoms with Crippen LogP contribution in [0.5, 0.6) is 0 Å². The average molecular weight is 352 g/mol. The normalized spacial score (nSPS) is 26.1. The summed E-state index contributed by atoms with van der Waals surface area (Å²) in [7, 11) is 2.10. The molecule has 21 heavy (non-hydrogen) atoms. The number of nitrogens with one attached hydrogen (secondary N) is 1. The molecule has 1 aliphatic heterocycles. The van der Waals surface area contributed by atoms with Crippen LogP contribution < -0.4 is 5.32 Å². The molecule has 1 saturated carbocycles. The zero-order chi connectivity index (χ0) is 14.9. The van der Waals surface area contributed by atoms with Crippen molar-refractivity contribution in [1.82, 2.24) is 5.32 Å². The summed E-state index contributed by atoms with van der Waals surface area (Å²) in [4.78, 5) is 0. The Labute approximate surface area is 136 Å². The van der Waals surface area contributed by atoms with Crippen molar-refractivity contribution in [1.29, 1.82) is 0 Å². The molecule has 116 valence electrons. The Balaban J connectivity index is 1.84. The van der Waals surface area contributed by atoms with Crippen LogP contribution >= 0.6 is 15.9 Å². The fraction of sp³-hybridized carbons (Fsp3) is 0.667. The lowest BCUT2D eigenvalue weighted by atomic mass is 9.78. The minimum Gasteiger partial charge on any atom is -0.375 e. The molecular formula is C18H26BrNO. The van der Waals surface area contributed by atoms with Crippen LogP contribution in [0.1, 0.15) is 55.7 Å². The van der Waals surface area contributed by atoms with Crippen molar-refractivity contribution in [2.45, 2.75) is 57.1 Å². The first kappa shape index (κ1) is 15.5. The van der Waals surface area contributed by atoms with E-state index in [1.807, 2.05) is 0 Å². The molecule has 1 aromatic rings. The number of hydrogen-bond acceptors (Lipinski definition) is 2. The number of aryl methyl sites for hydroxylation is 1. The summed E-state index contributed by atoms with van der Waals surface area (Å²) < 4.78 is 7.38. The molecule has 0 bridgehead atoms. The van der Waals surface area contributed by atoms with E-state index in [1.165, 1.54) is 54.1 Å². The van der Waals surface area contributed by atoms with Crippen molar-refractivity contribution in [3.8, 4) is 0 Å². The molecular weight excluding hydrogens is 326 g/mol. The summed E-state index contributed by atoms with van der Waals surface area (Å²) in [5.41, 5.74) is 3.01. The van der Waals surface area contributed by atoms with Crippen LogP contribution in [0.3, 0.4) is 0 Å². The Morgan fingerprint density at radius 1 is 1.33 bits per heavy atom. The van der Waals surface area contributed by atoms with E-state index < -0.39 is 0 Å². The predicted molar refractivity (Wildman–Crippen MR) is 90.6 cm³/mol. The molecule has 2 atom stereocenters. The number of halogens is 1. The molecule has 2 aliphatic rings. The Bertz CT molecular complexity index is 496. The quantitative estimate of drug-likeness (QED) is 0.847. The summed E-state index contributed by atoms with van der Waals surface area (Å²) in [6, 6.07) is 7.07. The molecule has 0 amide bonds. The second kappa shape index (κ2) is 6.39. The standard InChI is InChI=1S/C18H26BrNO/c1-13-5-6-15(19)11-16(13)17(20-2)14-7-10-21-18(12-14)8-3-4-9-18/h5-6,11,14,17,20H,3-4,7-10,12H2,1-2H3. The van der Waals surface area contributed by atoms with Crippen LogP contribution in [0.4, 0.5) is 0 Å². The highest BCUT2D eigenvalue weighted by Crippen LogP contribution is 2.45. The Morgan fingerprint density at radius 3 is 2.81 bits per heavy atom. The van der Waals surface area contributed by atoms with Crippen LogP contribution in [-0.4, -0.2) is 19.3 Å². The largest absolute Gasteiger partial charge is 0.375 e. The van der Waals surface area contributed by atoms with Crippen molar-refractivity contribution in [2.75, 3.05) is 13.7 Å². The van der Waals surface area contributed by atoms with Gasteiger partial charge < -0.3 is 10.1 Å². The lowest BCUT2D eigenvalue weighted by Gasteiger charge is -2.41. The highest BCUT2D eigenvalue weighted by molar-refractivity contribution is 9.10. The van der Waals surface area contributed by atoms with Crippen molar-refractivity contribution >= 4 is 15.9 Å². The van der Waals surface area contributed by atoms with Gasteiger partial charge in [-0.05, 0) is 68.8 Å². The molecule has 1 N–H and O–H groups in total. The summed E-state index contributed by atoms with van der Waals surface area (Å²) in [6.45, 7) is 3.15. The molecule has 1 aromatic carbocycles. The van der Waals surface area contributed by atoms with Crippen molar-refractivity contribution in [3.63, 3.8) is 0 Å². The molecule has 0 aromatic heterocycles. The van der Waals surface area contributed by atoms with Gasteiger partial charge in [0.05, 0.1) is 5.60 Å². The Hall–Kier alpha value is -0.380. The minimum absolute atomic E-state index is 0.192. The van der Waals surface area contributed by atoms with Gasteiger partial charge in [-0.15, -0.1) is 0 Å². The van der Waals surface area contributed by atoms with Gasteiger partial charge in [-0.3, -0.25) is 0 Å². The SMILES string of the molecule is CNC(c1cc(Br)ccc1C)C1CCOC2(CCCC2)C1. The molecule has 0 radical (unpaired) electrons. The van der Waals surface area contributed by atoms with E-state index in [1.54, 1.807) is 0 Å². The predicted octanol–water partition coefficient (Wildman–Crippen LogP) is 4.76. The number of benzene rings is 1. The third kappa shape index (κ3) is 3.20. The van der Waals surface area contributed by atoms with Crippen molar-refractivity contribution < 1.29 is 4.74 Å². The third-order valence-electron chi connectivity index (χ3n) is 5.40. The lowest BCUT2D eigenvalue weighted by molar-refractivity contribution is -0.0979. The average Bonchev–Trinajstić information content (AvgIpc) is 2.91. The first-order chi connectivity index (χ1) is 10.1. The van der Waals surface area contributed by atoms with E-state index in [-0.39, 0.29) is 5.60 Å². The molecule has 1 saturated heterocycles. The van der Waals surface area contributed by atoms with Gasteiger partial charge in [-0.2, -0.15) is 0 Å². The number of rotatable bonds is 3. The van der Waals surface area contributed by atoms with Crippen LogP contribution in [0, 0.1) is 12.8 Å². The third-order valence-corrected chi connectivity index (χ3v) is 5.90. The highest BCUT2D eigenvalue weighted by atomic mass is 79.9. The first-order valence-electron chi connectivity index (χ1n) is 8.21. The zero-order valence-electron chi connectivity index (χ0n) is 13.1. The maximum absolute atomic E-state index is 6.20. The first-order valence-corrected chi connectivity index (χ1v) is 9.00. The molecule has 1 heterocycles. The van der Waals surface area contributed by atoms with Gasteiger partial charge in [0.25, 0.3) is 0 Å². The zero-order valence-corrected chi connectivity index (χ0v) is 14.7. The Morgan fingerprint density at radius 2 is 2.10 bits per heavy atom. The number of ether oxygens (including phenoxy) is 1. The van der Waals surface area contributed by atoms with Crippen LogP contribution in [0.2, 0.25) is 0 Å². The van der Waals surface area contributed by atoms with Gasteiger partial charge in [0.1, 0.15) is 0 Å². The van der Waals surface area contributed by atoms with Crippen LogP contribution in [0.15, 0.2) is 22.7 Å². The van der Waals surface area contributed by atoms with E-state index in [0.717, 1.165) is 6.61 Å². The van der Waals surface area contributed by atoms with Gasteiger partial charge in [0.15, 0.2) is 0 Å². The molecule has 2 unspecified atom stereocenters. The summed E-state index contributed by atoms with van der Waals surface area (Å²) in [6.07, 6.45) is 7.58. The van der Waals surface area contributed by atoms with Crippen molar-refractivity contribution in [3.05, 3.63) is 33.8 Å². The van der Waals surface area contributed by atoms with E-state index in [9.17, 15) is 0 Å².